The van der Waals surface area contributed by atoms with Gasteiger partial charge in [-0.15, -0.1) is 0 Å². The largest absolute Gasteiger partial charge is 0.456 e. The quantitative estimate of drug-likeness (QED) is 0.703. The SMILES string of the molecule is NCc1c(Br)cccc1Oc1cc(F)c(Cl)cc1Br. The third-order valence-electron chi connectivity index (χ3n) is 2.47. The van der Waals surface area contributed by atoms with Gasteiger partial charge in [0.15, 0.2) is 0 Å². The predicted molar refractivity (Wildman–Crippen MR) is 81.2 cm³/mol. The predicted octanol–water partition coefficient (Wildman–Crippen LogP) is 5.26. The molecule has 0 aliphatic heterocycles. The molecule has 0 bridgehead atoms. The lowest BCUT2D eigenvalue weighted by molar-refractivity contribution is 0.467. The Bertz CT molecular complexity index is 622. The van der Waals surface area contributed by atoms with Gasteiger partial charge in [0.05, 0.1) is 9.50 Å². The molecule has 2 nitrogen and oxygen atoms in total. The standard InChI is InChI=1S/C13H9Br2ClFNO/c14-8-2-1-3-12(7(8)6-18)19-13-5-11(17)10(16)4-9(13)15/h1-5H,6,18H2. The molecule has 0 radical (unpaired) electrons. The van der Waals surface area contributed by atoms with Crippen LogP contribution in [0.3, 0.4) is 0 Å². The van der Waals surface area contributed by atoms with Gasteiger partial charge < -0.3 is 10.5 Å². The molecular formula is C13H9Br2ClFNO. The third kappa shape index (κ3) is 3.28. The second kappa shape index (κ2) is 6.22. The highest BCUT2D eigenvalue weighted by molar-refractivity contribution is 9.10. The van der Waals surface area contributed by atoms with Crippen LogP contribution >= 0.6 is 43.5 Å². The van der Waals surface area contributed by atoms with Crippen molar-refractivity contribution in [3.63, 3.8) is 0 Å². The number of halogens is 4. The molecule has 0 atom stereocenters. The van der Waals surface area contributed by atoms with E-state index in [0.717, 1.165) is 10.0 Å². The number of hydrogen-bond acceptors (Lipinski definition) is 2. The van der Waals surface area contributed by atoms with Crippen molar-refractivity contribution >= 4 is 43.5 Å². The van der Waals surface area contributed by atoms with E-state index < -0.39 is 5.82 Å². The van der Waals surface area contributed by atoms with Gasteiger partial charge in [0.2, 0.25) is 0 Å². The Kier molecular flexibility index (Phi) is 4.84. The molecule has 0 aliphatic carbocycles. The van der Waals surface area contributed by atoms with E-state index in [-0.39, 0.29) is 5.02 Å². The van der Waals surface area contributed by atoms with Crippen LogP contribution in [0.1, 0.15) is 5.56 Å². The molecule has 0 saturated carbocycles. The number of rotatable bonds is 3. The second-order valence-electron chi connectivity index (χ2n) is 3.72. The van der Waals surface area contributed by atoms with Gasteiger partial charge in [-0.25, -0.2) is 4.39 Å². The van der Waals surface area contributed by atoms with Crippen molar-refractivity contribution in [1.29, 1.82) is 0 Å². The Hall–Kier alpha value is -0.620. The highest BCUT2D eigenvalue weighted by Crippen LogP contribution is 2.36. The maximum absolute atomic E-state index is 13.5. The number of benzene rings is 2. The minimum atomic E-state index is -0.538. The molecule has 0 aromatic heterocycles. The molecule has 2 N–H and O–H groups in total. The van der Waals surface area contributed by atoms with Crippen LogP contribution in [0.15, 0.2) is 39.3 Å². The van der Waals surface area contributed by atoms with E-state index in [9.17, 15) is 4.39 Å². The summed E-state index contributed by atoms with van der Waals surface area (Å²) in [4.78, 5) is 0. The van der Waals surface area contributed by atoms with Crippen molar-refractivity contribution in [2.24, 2.45) is 5.73 Å². The molecule has 0 amide bonds. The zero-order chi connectivity index (χ0) is 14.0. The van der Waals surface area contributed by atoms with Gasteiger partial charge in [0, 0.05) is 22.6 Å². The average molecular weight is 409 g/mol. The lowest BCUT2D eigenvalue weighted by Gasteiger charge is -2.13. The van der Waals surface area contributed by atoms with Crippen molar-refractivity contribution in [1.82, 2.24) is 0 Å². The van der Waals surface area contributed by atoms with Crippen LogP contribution in [0, 0.1) is 5.82 Å². The van der Waals surface area contributed by atoms with Gasteiger partial charge >= 0.3 is 0 Å². The molecule has 2 aromatic rings. The van der Waals surface area contributed by atoms with Crippen molar-refractivity contribution < 1.29 is 9.13 Å². The maximum atomic E-state index is 13.5. The normalized spacial score (nSPS) is 10.6. The molecule has 100 valence electrons. The van der Waals surface area contributed by atoms with Crippen LogP contribution < -0.4 is 10.5 Å². The topological polar surface area (TPSA) is 35.2 Å². The van der Waals surface area contributed by atoms with E-state index >= 15 is 0 Å². The highest BCUT2D eigenvalue weighted by atomic mass is 79.9. The summed E-state index contributed by atoms with van der Waals surface area (Å²) >= 11 is 12.4. The molecule has 19 heavy (non-hydrogen) atoms. The van der Waals surface area contributed by atoms with E-state index in [0.29, 0.717) is 22.5 Å². The molecule has 0 saturated heterocycles. The first-order valence-corrected chi connectivity index (χ1v) is 7.29. The zero-order valence-electron chi connectivity index (χ0n) is 9.59. The number of nitrogens with two attached hydrogens (primary N) is 1. The Balaban J connectivity index is 2.42. The van der Waals surface area contributed by atoms with Crippen LogP contribution in [-0.4, -0.2) is 0 Å². The molecule has 0 spiro atoms. The summed E-state index contributed by atoms with van der Waals surface area (Å²) in [5.41, 5.74) is 6.49. The summed E-state index contributed by atoms with van der Waals surface area (Å²) in [6.45, 7) is 0.310. The lowest BCUT2D eigenvalue weighted by atomic mass is 10.2. The van der Waals surface area contributed by atoms with Gasteiger partial charge in [-0.1, -0.05) is 33.6 Å². The molecule has 0 heterocycles. The average Bonchev–Trinajstić information content (AvgIpc) is 2.36. The van der Waals surface area contributed by atoms with E-state index in [4.69, 9.17) is 22.1 Å². The van der Waals surface area contributed by atoms with Gasteiger partial charge in [0.1, 0.15) is 17.3 Å². The first-order chi connectivity index (χ1) is 9.02. The van der Waals surface area contributed by atoms with E-state index in [1.807, 2.05) is 12.1 Å². The van der Waals surface area contributed by atoms with Gasteiger partial charge in [-0.2, -0.15) is 0 Å². The van der Waals surface area contributed by atoms with E-state index in [1.54, 1.807) is 6.07 Å². The van der Waals surface area contributed by atoms with Crippen molar-refractivity contribution in [2.75, 3.05) is 0 Å². The first-order valence-electron chi connectivity index (χ1n) is 5.32. The van der Waals surface area contributed by atoms with Crippen LogP contribution in [0.4, 0.5) is 4.39 Å². The molecule has 2 aromatic carbocycles. The van der Waals surface area contributed by atoms with Gasteiger partial charge in [0.25, 0.3) is 0 Å². The summed E-state index contributed by atoms with van der Waals surface area (Å²) in [6.07, 6.45) is 0. The third-order valence-corrected chi connectivity index (χ3v) is 4.13. The highest BCUT2D eigenvalue weighted by Gasteiger charge is 2.12. The fourth-order valence-electron chi connectivity index (χ4n) is 1.53. The summed E-state index contributed by atoms with van der Waals surface area (Å²) in [5, 5.41) is 0.0347. The minimum absolute atomic E-state index is 0.0347. The van der Waals surface area contributed by atoms with E-state index in [1.165, 1.54) is 12.1 Å². The van der Waals surface area contributed by atoms with Gasteiger partial charge in [-0.05, 0) is 34.1 Å². The Morgan fingerprint density at radius 1 is 1.16 bits per heavy atom. The summed E-state index contributed by atoms with van der Waals surface area (Å²) in [7, 11) is 0. The smallest absolute Gasteiger partial charge is 0.145 e. The molecular weight excluding hydrogens is 400 g/mol. The van der Waals surface area contributed by atoms with Crippen LogP contribution in [-0.2, 0) is 6.54 Å². The van der Waals surface area contributed by atoms with Crippen LogP contribution in [0.25, 0.3) is 0 Å². The Morgan fingerprint density at radius 3 is 2.58 bits per heavy atom. The van der Waals surface area contributed by atoms with Crippen molar-refractivity contribution in [3.8, 4) is 11.5 Å². The van der Waals surface area contributed by atoms with Crippen molar-refractivity contribution in [3.05, 3.63) is 55.7 Å². The van der Waals surface area contributed by atoms with Crippen molar-refractivity contribution in [2.45, 2.75) is 6.54 Å². The summed E-state index contributed by atoms with van der Waals surface area (Å²) < 4.78 is 20.6. The fourth-order valence-corrected chi connectivity index (χ4v) is 2.76. The first kappa shape index (κ1) is 14.8. The minimum Gasteiger partial charge on any atom is -0.456 e. The number of ether oxygens (including phenoxy) is 1. The summed E-state index contributed by atoms with van der Waals surface area (Å²) in [6, 6.07) is 8.14. The Morgan fingerprint density at radius 2 is 1.89 bits per heavy atom. The molecule has 0 unspecified atom stereocenters. The van der Waals surface area contributed by atoms with Gasteiger partial charge in [-0.3, -0.25) is 0 Å². The molecule has 6 heteroatoms. The zero-order valence-corrected chi connectivity index (χ0v) is 13.5. The summed E-state index contributed by atoms with van der Waals surface area (Å²) in [5.74, 6) is 0.373. The molecule has 0 aliphatic rings. The fraction of sp³-hybridized carbons (Fsp3) is 0.0769. The monoisotopic (exact) mass is 407 g/mol. The lowest BCUT2D eigenvalue weighted by Crippen LogP contribution is -2.01. The van der Waals surface area contributed by atoms with E-state index in [2.05, 4.69) is 31.9 Å². The maximum Gasteiger partial charge on any atom is 0.145 e. The molecule has 0 fully saturated rings. The van der Waals surface area contributed by atoms with Crippen LogP contribution in [0.5, 0.6) is 11.5 Å². The second-order valence-corrected chi connectivity index (χ2v) is 5.84. The Labute approximate surface area is 132 Å². The number of hydrogen-bond donors (Lipinski definition) is 1. The van der Waals surface area contributed by atoms with Crippen LogP contribution in [0.2, 0.25) is 5.02 Å². The molecule has 2 rings (SSSR count).